The summed E-state index contributed by atoms with van der Waals surface area (Å²) >= 11 is 0. The van der Waals surface area contributed by atoms with Gasteiger partial charge in [0.15, 0.2) is 5.78 Å². The van der Waals surface area contributed by atoms with Gasteiger partial charge in [-0.3, -0.25) is 4.79 Å². The zero-order valence-electron chi connectivity index (χ0n) is 15.9. The molecule has 3 heteroatoms. The Bertz CT molecular complexity index is 1000. The van der Waals surface area contributed by atoms with Gasteiger partial charge in [0.2, 0.25) is 0 Å². The molecule has 0 fully saturated rings. The molecule has 0 spiro atoms. The van der Waals surface area contributed by atoms with Crippen LogP contribution in [-0.2, 0) is 13.0 Å². The number of benzene rings is 3. The number of carbonyl (C=O) groups is 1. The van der Waals surface area contributed by atoms with E-state index < -0.39 is 0 Å². The molecule has 0 bridgehead atoms. The largest absolute Gasteiger partial charge is 0.497 e. The average Bonchev–Trinajstić information content (AvgIpc) is 2.75. The lowest BCUT2D eigenvalue weighted by atomic mass is 9.86. The standard InChI is InChI=1S/C25H22O3/c1-27-23-13-14-24-20(16-23)9-10-21(25(24)26)15-18-7-11-22(12-8-18)28-17-19-5-3-2-4-6-19/h2-8,11-16H,9-10,17H2,1H3/b21-15-. The third-order valence-corrected chi connectivity index (χ3v) is 4.98. The van der Waals surface area contributed by atoms with E-state index in [2.05, 4.69) is 0 Å². The first-order valence-electron chi connectivity index (χ1n) is 9.42. The monoisotopic (exact) mass is 370 g/mol. The molecule has 0 unspecified atom stereocenters. The number of methoxy groups -OCH3 is 1. The molecule has 3 aromatic rings. The van der Waals surface area contributed by atoms with E-state index >= 15 is 0 Å². The van der Waals surface area contributed by atoms with Crippen LogP contribution in [0.4, 0.5) is 0 Å². The third-order valence-electron chi connectivity index (χ3n) is 4.98. The maximum Gasteiger partial charge on any atom is 0.189 e. The highest BCUT2D eigenvalue weighted by Gasteiger charge is 2.22. The Balaban J connectivity index is 1.46. The van der Waals surface area contributed by atoms with Gasteiger partial charge in [0.05, 0.1) is 7.11 Å². The Labute approximate surface area is 165 Å². The highest BCUT2D eigenvalue weighted by Crippen LogP contribution is 2.29. The van der Waals surface area contributed by atoms with Gasteiger partial charge in [0, 0.05) is 11.1 Å². The van der Waals surface area contributed by atoms with Crippen molar-refractivity contribution in [1.82, 2.24) is 0 Å². The SMILES string of the molecule is COc1ccc2c(c1)CC/C(=C/c1ccc(OCc3ccccc3)cc1)C2=O. The number of allylic oxidation sites excluding steroid dienone is 1. The van der Waals surface area contributed by atoms with Crippen LogP contribution in [-0.4, -0.2) is 12.9 Å². The normalized spacial score (nSPS) is 14.6. The van der Waals surface area contributed by atoms with Crippen molar-refractivity contribution >= 4 is 11.9 Å². The van der Waals surface area contributed by atoms with Crippen LogP contribution in [0, 0.1) is 0 Å². The number of ether oxygens (including phenoxy) is 2. The number of aryl methyl sites for hydroxylation is 1. The second-order valence-corrected chi connectivity index (χ2v) is 6.87. The van der Waals surface area contributed by atoms with E-state index in [0.29, 0.717) is 6.61 Å². The van der Waals surface area contributed by atoms with Crippen LogP contribution in [0.1, 0.15) is 33.5 Å². The minimum atomic E-state index is 0.105. The number of rotatable bonds is 5. The van der Waals surface area contributed by atoms with Crippen LogP contribution in [0.15, 0.2) is 78.4 Å². The molecule has 0 saturated heterocycles. The van der Waals surface area contributed by atoms with Gasteiger partial charge >= 0.3 is 0 Å². The number of Topliss-reactive ketones (excluding diaryl/α,β-unsaturated/α-hetero) is 1. The minimum Gasteiger partial charge on any atom is -0.497 e. The Morgan fingerprint density at radius 3 is 2.39 bits per heavy atom. The van der Waals surface area contributed by atoms with Crippen molar-refractivity contribution in [2.75, 3.05) is 7.11 Å². The maximum atomic E-state index is 12.8. The van der Waals surface area contributed by atoms with Gasteiger partial charge in [-0.25, -0.2) is 0 Å². The molecular weight excluding hydrogens is 348 g/mol. The van der Waals surface area contributed by atoms with Gasteiger partial charge in [-0.15, -0.1) is 0 Å². The molecule has 0 radical (unpaired) electrons. The average molecular weight is 370 g/mol. The van der Waals surface area contributed by atoms with E-state index in [1.54, 1.807) is 7.11 Å². The lowest BCUT2D eigenvalue weighted by molar-refractivity contribution is 0.102. The lowest BCUT2D eigenvalue weighted by Crippen LogP contribution is -2.14. The van der Waals surface area contributed by atoms with E-state index in [1.807, 2.05) is 78.9 Å². The zero-order valence-corrected chi connectivity index (χ0v) is 15.9. The molecule has 4 rings (SSSR count). The summed E-state index contributed by atoms with van der Waals surface area (Å²) < 4.78 is 11.1. The summed E-state index contributed by atoms with van der Waals surface area (Å²) in [4.78, 5) is 12.8. The van der Waals surface area contributed by atoms with Crippen LogP contribution in [0.25, 0.3) is 6.08 Å². The van der Waals surface area contributed by atoms with Gasteiger partial charge in [-0.1, -0.05) is 42.5 Å². The first-order valence-corrected chi connectivity index (χ1v) is 9.42. The predicted octanol–water partition coefficient (Wildman–Crippen LogP) is 5.49. The van der Waals surface area contributed by atoms with Gasteiger partial charge in [0.1, 0.15) is 18.1 Å². The molecule has 140 valence electrons. The molecule has 0 saturated carbocycles. The second-order valence-electron chi connectivity index (χ2n) is 6.87. The van der Waals surface area contributed by atoms with Gasteiger partial charge in [0.25, 0.3) is 0 Å². The van der Waals surface area contributed by atoms with E-state index in [1.165, 1.54) is 0 Å². The molecule has 0 aliphatic heterocycles. The Morgan fingerprint density at radius 2 is 1.64 bits per heavy atom. The van der Waals surface area contributed by atoms with Crippen LogP contribution in [0.2, 0.25) is 0 Å². The Morgan fingerprint density at radius 1 is 0.893 bits per heavy atom. The summed E-state index contributed by atoms with van der Waals surface area (Å²) in [5.41, 5.74) is 4.83. The number of fused-ring (bicyclic) bond motifs is 1. The second kappa shape index (κ2) is 8.13. The summed E-state index contributed by atoms with van der Waals surface area (Å²) in [6.45, 7) is 0.542. The fourth-order valence-electron chi connectivity index (χ4n) is 3.42. The zero-order chi connectivity index (χ0) is 19.3. The summed E-state index contributed by atoms with van der Waals surface area (Å²) in [6.07, 6.45) is 3.57. The molecule has 3 nitrogen and oxygen atoms in total. The fraction of sp³-hybridized carbons (Fsp3) is 0.160. The Hall–Kier alpha value is -3.33. The minimum absolute atomic E-state index is 0.105. The van der Waals surface area contributed by atoms with Crippen molar-refractivity contribution < 1.29 is 14.3 Å². The summed E-state index contributed by atoms with van der Waals surface area (Å²) in [7, 11) is 1.64. The van der Waals surface area contributed by atoms with Gasteiger partial charge in [-0.2, -0.15) is 0 Å². The maximum absolute atomic E-state index is 12.8. The molecule has 1 aliphatic rings. The van der Waals surface area contributed by atoms with Crippen molar-refractivity contribution in [3.05, 3.63) is 101 Å². The van der Waals surface area contributed by atoms with Crippen LogP contribution < -0.4 is 9.47 Å². The number of hydrogen-bond acceptors (Lipinski definition) is 3. The van der Waals surface area contributed by atoms with E-state index in [4.69, 9.17) is 9.47 Å². The molecule has 0 heterocycles. The topological polar surface area (TPSA) is 35.5 Å². The number of hydrogen-bond donors (Lipinski definition) is 0. The van der Waals surface area contributed by atoms with Gasteiger partial charge < -0.3 is 9.47 Å². The van der Waals surface area contributed by atoms with Crippen molar-refractivity contribution in [3.8, 4) is 11.5 Å². The van der Waals surface area contributed by atoms with Crippen molar-refractivity contribution in [3.63, 3.8) is 0 Å². The molecule has 3 aromatic carbocycles. The highest BCUT2D eigenvalue weighted by atomic mass is 16.5. The Kier molecular flexibility index (Phi) is 5.24. The van der Waals surface area contributed by atoms with E-state index in [9.17, 15) is 4.79 Å². The predicted molar refractivity (Wildman–Crippen MR) is 111 cm³/mol. The fourth-order valence-corrected chi connectivity index (χ4v) is 3.42. The van der Waals surface area contributed by atoms with Crippen molar-refractivity contribution in [1.29, 1.82) is 0 Å². The smallest absolute Gasteiger partial charge is 0.189 e. The van der Waals surface area contributed by atoms with Crippen LogP contribution in [0.5, 0.6) is 11.5 Å². The van der Waals surface area contributed by atoms with E-state index in [0.717, 1.165) is 52.2 Å². The highest BCUT2D eigenvalue weighted by molar-refractivity contribution is 6.13. The third kappa shape index (κ3) is 3.99. The first-order chi connectivity index (χ1) is 13.7. The quantitative estimate of drug-likeness (QED) is 0.557. The summed E-state index contributed by atoms with van der Waals surface area (Å²) in [5, 5.41) is 0. The van der Waals surface area contributed by atoms with E-state index in [-0.39, 0.29) is 5.78 Å². The molecule has 0 amide bonds. The molecule has 0 N–H and O–H groups in total. The summed E-state index contributed by atoms with van der Waals surface area (Å²) in [6, 6.07) is 23.6. The van der Waals surface area contributed by atoms with Gasteiger partial charge in [-0.05, 0) is 65.9 Å². The number of ketones is 1. The van der Waals surface area contributed by atoms with Crippen LogP contribution >= 0.6 is 0 Å². The van der Waals surface area contributed by atoms with Crippen molar-refractivity contribution in [2.45, 2.75) is 19.4 Å². The lowest BCUT2D eigenvalue weighted by Gasteiger charge is -2.18. The molecule has 0 atom stereocenters. The molecule has 0 aromatic heterocycles. The number of carbonyl (C=O) groups excluding carboxylic acids is 1. The van der Waals surface area contributed by atoms with Crippen LogP contribution in [0.3, 0.4) is 0 Å². The first kappa shape index (κ1) is 18.1. The summed E-state index contributed by atoms with van der Waals surface area (Å²) in [5.74, 6) is 1.72. The molecule has 1 aliphatic carbocycles. The van der Waals surface area contributed by atoms with Crippen molar-refractivity contribution in [2.24, 2.45) is 0 Å². The molecule has 28 heavy (non-hydrogen) atoms. The molecular formula is C25H22O3.